The largest absolute Gasteiger partial charge is 0.319 e. The molecule has 0 radical (unpaired) electrons. The van der Waals surface area contributed by atoms with Crippen molar-refractivity contribution in [1.82, 2.24) is 4.98 Å². The molecule has 1 heterocycles. The Balaban J connectivity index is 2.21. The van der Waals surface area contributed by atoms with Crippen LogP contribution in [0.25, 0.3) is 0 Å². The van der Waals surface area contributed by atoms with E-state index in [-0.39, 0.29) is 10.8 Å². The van der Waals surface area contributed by atoms with Crippen molar-refractivity contribution in [2.75, 3.05) is 5.32 Å². The quantitative estimate of drug-likeness (QED) is 0.845. The third-order valence-electron chi connectivity index (χ3n) is 2.36. The fourth-order valence-corrected chi connectivity index (χ4v) is 1.63. The number of hydrogen-bond acceptors (Lipinski definition) is 2. The molecule has 1 amide bonds. The van der Waals surface area contributed by atoms with E-state index in [9.17, 15) is 9.18 Å². The molecule has 0 fully saturated rings. The van der Waals surface area contributed by atoms with E-state index < -0.39 is 11.7 Å². The van der Waals surface area contributed by atoms with Gasteiger partial charge in [-0.05, 0) is 36.8 Å². The molecule has 0 unspecified atom stereocenters. The minimum absolute atomic E-state index is 0.138. The number of benzene rings is 1. The van der Waals surface area contributed by atoms with Crippen LogP contribution in [0.1, 0.15) is 15.9 Å². The summed E-state index contributed by atoms with van der Waals surface area (Å²) in [6.07, 6.45) is 1.42. The molecule has 0 atom stereocenters. The zero-order chi connectivity index (χ0) is 13.1. The summed E-state index contributed by atoms with van der Waals surface area (Å²) in [6, 6.07) is 7.52. The maximum atomic E-state index is 13.6. The van der Waals surface area contributed by atoms with E-state index in [1.165, 1.54) is 30.5 Å². The van der Waals surface area contributed by atoms with Crippen molar-refractivity contribution < 1.29 is 9.18 Å². The van der Waals surface area contributed by atoms with E-state index in [1.807, 2.05) is 0 Å². The average molecular weight is 265 g/mol. The lowest BCUT2D eigenvalue weighted by molar-refractivity contribution is 0.102. The van der Waals surface area contributed by atoms with Crippen LogP contribution < -0.4 is 5.32 Å². The smallest absolute Gasteiger partial charge is 0.255 e. The Morgan fingerprint density at radius 3 is 2.78 bits per heavy atom. The molecule has 0 bridgehead atoms. The normalized spacial score (nSPS) is 10.2. The summed E-state index contributed by atoms with van der Waals surface area (Å²) >= 11 is 5.68. The number of rotatable bonds is 2. The lowest BCUT2D eigenvalue weighted by atomic mass is 10.2. The van der Waals surface area contributed by atoms with Crippen molar-refractivity contribution in [3.05, 3.63) is 58.6 Å². The fraction of sp³-hybridized carbons (Fsp3) is 0.0769. The van der Waals surface area contributed by atoms with Crippen LogP contribution in [-0.4, -0.2) is 10.9 Å². The van der Waals surface area contributed by atoms with Crippen LogP contribution in [-0.2, 0) is 0 Å². The van der Waals surface area contributed by atoms with Gasteiger partial charge < -0.3 is 5.32 Å². The molecule has 0 spiro atoms. The minimum Gasteiger partial charge on any atom is -0.319 e. The predicted molar refractivity (Wildman–Crippen MR) is 68.3 cm³/mol. The van der Waals surface area contributed by atoms with Crippen LogP contribution >= 0.6 is 11.6 Å². The Kier molecular flexibility index (Phi) is 3.58. The summed E-state index contributed by atoms with van der Waals surface area (Å²) in [5.41, 5.74) is 1.26. The van der Waals surface area contributed by atoms with Crippen LogP contribution in [0.3, 0.4) is 0 Å². The fourth-order valence-electron chi connectivity index (χ4n) is 1.46. The van der Waals surface area contributed by atoms with Gasteiger partial charge in [0.1, 0.15) is 11.0 Å². The Labute approximate surface area is 109 Å². The van der Waals surface area contributed by atoms with Gasteiger partial charge in [-0.15, -0.1) is 0 Å². The molecule has 0 saturated heterocycles. The number of carbonyl (C=O) groups excluding carboxylic acids is 1. The van der Waals surface area contributed by atoms with Crippen LogP contribution in [0.5, 0.6) is 0 Å². The molecule has 92 valence electrons. The monoisotopic (exact) mass is 264 g/mol. The number of amides is 1. The van der Waals surface area contributed by atoms with Crippen molar-refractivity contribution >= 4 is 23.2 Å². The van der Waals surface area contributed by atoms with Crippen molar-refractivity contribution in [2.45, 2.75) is 6.92 Å². The first-order valence-corrected chi connectivity index (χ1v) is 5.63. The summed E-state index contributed by atoms with van der Waals surface area (Å²) in [5, 5.41) is 2.70. The Hall–Kier alpha value is -1.94. The summed E-state index contributed by atoms with van der Waals surface area (Å²) < 4.78 is 13.6. The van der Waals surface area contributed by atoms with E-state index in [0.717, 1.165) is 5.56 Å². The lowest BCUT2D eigenvalue weighted by Gasteiger charge is -2.07. The van der Waals surface area contributed by atoms with Crippen LogP contribution in [0, 0.1) is 12.7 Å². The van der Waals surface area contributed by atoms with E-state index in [4.69, 9.17) is 11.6 Å². The summed E-state index contributed by atoms with van der Waals surface area (Å²) in [7, 11) is 0. The number of anilines is 1. The lowest BCUT2D eigenvalue weighted by Crippen LogP contribution is -2.13. The van der Waals surface area contributed by atoms with Crippen molar-refractivity contribution in [2.24, 2.45) is 0 Å². The Bertz CT molecular complexity index is 601. The molecule has 5 heteroatoms. The van der Waals surface area contributed by atoms with Gasteiger partial charge in [-0.25, -0.2) is 9.37 Å². The van der Waals surface area contributed by atoms with Gasteiger partial charge in [-0.2, -0.15) is 0 Å². The molecular formula is C13H10ClFN2O. The highest BCUT2D eigenvalue weighted by atomic mass is 35.5. The van der Waals surface area contributed by atoms with E-state index >= 15 is 0 Å². The third-order valence-corrected chi connectivity index (χ3v) is 2.57. The number of aromatic nitrogens is 1. The molecule has 0 aliphatic rings. The summed E-state index contributed by atoms with van der Waals surface area (Å²) in [6.45, 7) is 1.78. The Morgan fingerprint density at radius 2 is 2.11 bits per heavy atom. The minimum atomic E-state index is -0.469. The Morgan fingerprint density at radius 1 is 1.33 bits per heavy atom. The zero-order valence-electron chi connectivity index (χ0n) is 9.58. The average Bonchev–Trinajstić information content (AvgIpc) is 2.32. The highest BCUT2D eigenvalue weighted by Gasteiger charge is 2.09. The topological polar surface area (TPSA) is 42.0 Å². The van der Waals surface area contributed by atoms with Gasteiger partial charge in [-0.3, -0.25) is 4.79 Å². The molecule has 18 heavy (non-hydrogen) atoms. The van der Waals surface area contributed by atoms with Crippen LogP contribution in [0.15, 0.2) is 36.5 Å². The van der Waals surface area contributed by atoms with E-state index in [2.05, 4.69) is 10.3 Å². The third kappa shape index (κ3) is 2.84. The van der Waals surface area contributed by atoms with E-state index in [0.29, 0.717) is 5.56 Å². The van der Waals surface area contributed by atoms with Crippen molar-refractivity contribution in [3.8, 4) is 0 Å². The van der Waals surface area contributed by atoms with Crippen molar-refractivity contribution in [3.63, 3.8) is 0 Å². The highest BCUT2D eigenvalue weighted by molar-refractivity contribution is 6.29. The zero-order valence-corrected chi connectivity index (χ0v) is 10.3. The van der Waals surface area contributed by atoms with Crippen LogP contribution in [0.4, 0.5) is 10.1 Å². The molecule has 1 aromatic heterocycles. The van der Waals surface area contributed by atoms with Gasteiger partial charge in [0.05, 0.1) is 5.69 Å². The highest BCUT2D eigenvalue weighted by Crippen LogP contribution is 2.17. The summed E-state index contributed by atoms with van der Waals surface area (Å²) in [4.78, 5) is 15.6. The molecular weight excluding hydrogens is 255 g/mol. The number of nitrogens with one attached hydrogen (secondary N) is 1. The molecule has 0 saturated carbocycles. The van der Waals surface area contributed by atoms with Gasteiger partial charge in [0, 0.05) is 11.8 Å². The second-order valence-corrected chi connectivity index (χ2v) is 4.19. The number of nitrogens with zero attached hydrogens (tertiary/aromatic N) is 1. The van der Waals surface area contributed by atoms with Gasteiger partial charge in [-0.1, -0.05) is 17.7 Å². The first-order valence-electron chi connectivity index (χ1n) is 5.25. The number of hydrogen-bond donors (Lipinski definition) is 1. The van der Waals surface area contributed by atoms with Gasteiger partial charge in [0.2, 0.25) is 0 Å². The molecule has 1 aromatic carbocycles. The summed E-state index contributed by atoms with van der Waals surface area (Å²) in [5.74, 6) is -0.898. The maximum absolute atomic E-state index is 13.6. The predicted octanol–water partition coefficient (Wildman–Crippen LogP) is 3.43. The van der Waals surface area contributed by atoms with Gasteiger partial charge in [0.15, 0.2) is 0 Å². The molecule has 0 aliphatic heterocycles. The molecule has 2 aromatic rings. The van der Waals surface area contributed by atoms with Crippen molar-refractivity contribution in [1.29, 1.82) is 0 Å². The number of aryl methyl sites for hydroxylation is 1. The van der Waals surface area contributed by atoms with E-state index in [1.54, 1.807) is 13.0 Å². The molecule has 0 aliphatic carbocycles. The van der Waals surface area contributed by atoms with Gasteiger partial charge >= 0.3 is 0 Å². The number of halogens is 2. The van der Waals surface area contributed by atoms with Crippen LogP contribution in [0.2, 0.25) is 5.15 Å². The standard InChI is InChI=1S/C13H10ClFN2O/c1-8-2-3-11(10(15)6-8)17-13(18)9-4-5-16-12(14)7-9/h2-7H,1H3,(H,17,18). The number of pyridine rings is 1. The number of carbonyl (C=O) groups is 1. The second kappa shape index (κ2) is 5.14. The molecule has 2 rings (SSSR count). The molecule has 3 nitrogen and oxygen atoms in total. The first-order chi connectivity index (χ1) is 8.56. The second-order valence-electron chi connectivity index (χ2n) is 3.80. The first kappa shape index (κ1) is 12.5. The SMILES string of the molecule is Cc1ccc(NC(=O)c2ccnc(Cl)c2)c(F)c1. The van der Waals surface area contributed by atoms with Gasteiger partial charge in [0.25, 0.3) is 5.91 Å². The maximum Gasteiger partial charge on any atom is 0.255 e. The molecule has 1 N–H and O–H groups in total.